The van der Waals surface area contributed by atoms with Crippen LogP contribution in [0.15, 0.2) is 53.4 Å². The molecule has 1 fully saturated rings. The van der Waals surface area contributed by atoms with Crippen molar-refractivity contribution in [1.29, 1.82) is 0 Å². The number of amides is 1. The van der Waals surface area contributed by atoms with Crippen LogP contribution in [0.3, 0.4) is 0 Å². The minimum absolute atomic E-state index is 0.109. The van der Waals surface area contributed by atoms with Crippen LogP contribution in [0, 0.1) is 0 Å². The van der Waals surface area contributed by atoms with E-state index in [4.69, 9.17) is 0 Å². The van der Waals surface area contributed by atoms with Gasteiger partial charge >= 0.3 is 0 Å². The fourth-order valence-electron chi connectivity index (χ4n) is 4.39. The molecule has 0 saturated carbocycles. The van der Waals surface area contributed by atoms with Gasteiger partial charge in [-0.15, -0.1) is 0 Å². The van der Waals surface area contributed by atoms with E-state index in [1.807, 2.05) is 24.3 Å². The second kappa shape index (κ2) is 9.54. The molecule has 0 aliphatic carbocycles. The first-order valence-electron chi connectivity index (χ1n) is 11.2. The van der Waals surface area contributed by atoms with Gasteiger partial charge in [-0.2, -0.15) is 8.61 Å². The third-order valence-electron chi connectivity index (χ3n) is 6.28. The Labute approximate surface area is 195 Å². The van der Waals surface area contributed by atoms with Crippen LogP contribution in [0.2, 0.25) is 0 Å². The van der Waals surface area contributed by atoms with Crippen molar-refractivity contribution in [3.05, 3.63) is 59.7 Å². The molecule has 33 heavy (non-hydrogen) atoms. The molecule has 2 heterocycles. The van der Waals surface area contributed by atoms with Crippen molar-refractivity contribution in [3.63, 3.8) is 0 Å². The third-order valence-corrected chi connectivity index (χ3v) is 10.0. The number of piperidine rings is 1. The number of benzene rings is 2. The first-order chi connectivity index (χ1) is 15.7. The zero-order valence-corrected chi connectivity index (χ0v) is 20.2. The number of rotatable bonds is 6. The summed E-state index contributed by atoms with van der Waals surface area (Å²) in [7, 11) is -7.27. The van der Waals surface area contributed by atoms with Crippen LogP contribution in [-0.4, -0.2) is 56.2 Å². The van der Waals surface area contributed by atoms with Gasteiger partial charge in [0.2, 0.25) is 26.0 Å². The van der Waals surface area contributed by atoms with Crippen molar-refractivity contribution in [1.82, 2.24) is 8.61 Å². The summed E-state index contributed by atoms with van der Waals surface area (Å²) in [6.07, 6.45) is 2.94. The van der Waals surface area contributed by atoms with Crippen molar-refractivity contribution in [2.45, 2.75) is 50.1 Å². The largest absolute Gasteiger partial charge is 0.325 e. The summed E-state index contributed by atoms with van der Waals surface area (Å²) in [6.45, 7) is 2.67. The number of nitrogens with zero attached hydrogens (tertiary/aromatic N) is 2. The smallest absolute Gasteiger partial charge is 0.243 e. The van der Waals surface area contributed by atoms with Gasteiger partial charge < -0.3 is 5.32 Å². The lowest BCUT2D eigenvalue weighted by Crippen LogP contribution is -2.51. The first-order valence-corrected chi connectivity index (χ1v) is 14.2. The molecule has 178 valence electrons. The summed E-state index contributed by atoms with van der Waals surface area (Å²) < 4.78 is 54.3. The molecule has 1 atom stereocenters. The second-order valence-corrected chi connectivity index (χ2v) is 12.6. The molecular weight excluding hydrogens is 462 g/mol. The average Bonchev–Trinajstić information content (AvgIpc) is 2.84. The van der Waals surface area contributed by atoms with Gasteiger partial charge in [-0.1, -0.05) is 36.8 Å². The highest BCUT2D eigenvalue weighted by Gasteiger charge is 2.38. The number of anilines is 1. The number of carbonyl (C=O) groups is 1. The Hall–Kier alpha value is -2.27. The molecule has 1 N–H and O–H groups in total. The lowest BCUT2D eigenvalue weighted by Gasteiger charge is -2.34. The van der Waals surface area contributed by atoms with E-state index in [2.05, 4.69) is 5.32 Å². The van der Waals surface area contributed by atoms with Crippen LogP contribution in [0.4, 0.5) is 5.69 Å². The summed E-state index contributed by atoms with van der Waals surface area (Å²) >= 11 is 0. The maximum atomic E-state index is 13.2. The van der Waals surface area contributed by atoms with Crippen LogP contribution in [0.25, 0.3) is 0 Å². The van der Waals surface area contributed by atoms with Gasteiger partial charge in [-0.05, 0) is 55.5 Å². The number of fused-ring (bicyclic) bond motifs is 1. The minimum atomic E-state index is -3.65. The van der Waals surface area contributed by atoms with Crippen molar-refractivity contribution in [3.8, 4) is 0 Å². The molecule has 1 amide bonds. The Bertz CT molecular complexity index is 1240. The second-order valence-electron chi connectivity index (χ2n) is 8.42. The van der Waals surface area contributed by atoms with Gasteiger partial charge in [-0.3, -0.25) is 4.79 Å². The molecule has 10 heteroatoms. The topological polar surface area (TPSA) is 104 Å². The Kier molecular flexibility index (Phi) is 6.90. The highest BCUT2D eigenvalue weighted by molar-refractivity contribution is 7.89. The number of carbonyl (C=O) groups excluding carboxylic acids is 1. The normalized spacial score (nSPS) is 20.2. The molecule has 4 rings (SSSR count). The van der Waals surface area contributed by atoms with Crippen molar-refractivity contribution in [2.24, 2.45) is 0 Å². The van der Waals surface area contributed by atoms with Gasteiger partial charge in [0.25, 0.3) is 0 Å². The fourth-order valence-corrected chi connectivity index (χ4v) is 7.18. The van der Waals surface area contributed by atoms with Crippen LogP contribution >= 0.6 is 0 Å². The highest BCUT2D eigenvalue weighted by Crippen LogP contribution is 2.28. The predicted octanol–water partition coefficient (Wildman–Crippen LogP) is 2.58. The van der Waals surface area contributed by atoms with E-state index >= 15 is 0 Å². The summed E-state index contributed by atoms with van der Waals surface area (Å²) in [5.74, 6) is -0.586. The molecule has 0 unspecified atom stereocenters. The van der Waals surface area contributed by atoms with Gasteiger partial charge in [-0.25, -0.2) is 16.8 Å². The van der Waals surface area contributed by atoms with E-state index in [0.717, 1.165) is 30.4 Å². The van der Waals surface area contributed by atoms with Crippen molar-refractivity contribution >= 4 is 31.6 Å². The molecule has 8 nitrogen and oxygen atoms in total. The molecule has 0 spiro atoms. The summed E-state index contributed by atoms with van der Waals surface area (Å²) in [5, 5.41) is 2.76. The van der Waals surface area contributed by atoms with Gasteiger partial charge in [0, 0.05) is 25.3 Å². The number of hydrogen-bond donors (Lipinski definition) is 1. The summed E-state index contributed by atoms with van der Waals surface area (Å²) in [6, 6.07) is 12.7. The standard InChI is InChI=1S/C23H29N3O5S2/c1-2-32(28,29)26-17-19-10-5-4-9-18(19)15-22(26)23(27)24-20-11-8-12-21(16-20)33(30,31)25-13-6-3-7-14-25/h4-5,8-12,16,22H,2-3,6-7,13-15,17H2,1H3,(H,24,27)/t22-/m0/s1. The number of nitrogens with one attached hydrogen (secondary N) is 1. The molecule has 0 bridgehead atoms. The molecular formula is C23H29N3O5S2. The van der Waals surface area contributed by atoms with Crippen molar-refractivity contribution in [2.75, 3.05) is 24.2 Å². The van der Waals surface area contributed by atoms with E-state index in [1.54, 1.807) is 19.1 Å². The predicted molar refractivity (Wildman–Crippen MR) is 127 cm³/mol. The van der Waals surface area contributed by atoms with Crippen molar-refractivity contribution < 1.29 is 21.6 Å². The Morgan fingerprint density at radius 1 is 0.970 bits per heavy atom. The quantitative estimate of drug-likeness (QED) is 0.669. The molecule has 2 aliphatic heterocycles. The molecule has 0 radical (unpaired) electrons. The average molecular weight is 492 g/mol. The monoisotopic (exact) mass is 491 g/mol. The van der Waals surface area contributed by atoms with Gasteiger partial charge in [0.1, 0.15) is 6.04 Å². The lowest BCUT2D eigenvalue weighted by molar-refractivity contribution is -0.120. The van der Waals surface area contributed by atoms with E-state index in [-0.39, 0.29) is 23.6 Å². The Balaban J connectivity index is 1.59. The zero-order valence-electron chi connectivity index (χ0n) is 18.6. The maximum Gasteiger partial charge on any atom is 0.243 e. The molecule has 2 aliphatic rings. The fraction of sp³-hybridized carbons (Fsp3) is 0.435. The summed E-state index contributed by atoms with van der Waals surface area (Å²) in [4.78, 5) is 13.4. The molecule has 0 aromatic heterocycles. The molecule has 1 saturated heterocycles. The lowest BCUT2D eigenvalue weighted by atomic mass is 9.95. The van der Waals surface area contributed by atoms with Crippen LogP contribution in [0.1, 0.15) is 37.3 Å². The SMILES string of the molecule is CCS(=O)(=O)N1Cc2ccccc2C[C@H]1C(=O)Nc1cccc(S(=O)(=O)N2CCCCC2)c1. The maximum absolute atomic E-state index is 13.2. The van der Waals surface area contributed by atoms with E-state index < -0.39 is 32.0 Å². The minimum Gasteiger partial charge on any atom is -0.325 e. The number of sulfonamides is 2. The Morgan fingerprint density at radius 2 is 1.67 bits per heavy atom. The van der Waals surface area contributed by atoms with Crippen LogP contribution < -0.4 is 5.32 Å². The van der Waals surface area contributed by atoms with Crippen LogP contribution in [0.5, 0.6) is 0 Å². The van der Waals surface area contributed by atoms with E-state index in [9.17, 15) is 21.6 Å². The first kappa shape index (κ1) is 23.9. The van der Waals surface area contributed by atoms with E-state index in [1.165, 1.54) is 20.7 Å². The number of hydrogen-bond acceptors (Lipinski definition) is 5. The van der Waals surface area contributed by atoms with E-state index in [0.29, 0.717) is 18.8 Å². The van der Waals surface area contributed by atoms with Gasteiger partial charge in [0.15, 0.2) is 0 Å². The third kappa shape index (κ3) is 4.98. The highest BCUT2D eigenvalue weighted by atomic mass is 32.2. The molecule has 2 aromatic rings. The molecule has 2 aromatic carbocycles. The Morgan fingerprint density at radius 3 is 2.36 bits per heavy atom. The van der Waals surface area contributed by atoms with Crippen LogP contribution in [-0.2, 0) is 37.8 Å². The summed E-state index contributed by atoms with van der Waals surface area (Å²) in [5.41, 5.74) is 2.14. The zero-order chi connectivity index (χ0) is 23.6. The van der Waals surface area contributed by atoms with Gasteiger partial charge in [0.05, 0.1) is 10.6 Å².